The molecule has 3 rings (SSSR count). The molecule has 1 aliphatic rings. The first-order valence-corrected chi connectivity index (χ1v) is 10.2. The maximum absolute atomic E-state index is 11.4. The van der Waals surface area contributed by atoms with Gasteiger partial charge in [-0.25, -0.2) is 8.42 Å². The summed E-state index contributed by atoms with van der Waals surface area (Å²) in [6.07, 6.45) is 2.36. The summed E-state index contributed by atoms with van der Waals surface area (Å²) >= 11 is 0. The van der Waals surface area contributed by atoms with Gasteiger partial charge in [-0.1, -0.05) is 36.4 Å². The molecule has 5 heteroatoms. The zero-order valence-electron chi connectivity index (χ0n) is 14.0. The van der Waals surface area contributed by atoms with Crippen molar-refractivity contribution in [2.45, 2.75) is 24.4 Å². The number of rotatable bonds is 6. The summed E-state index contributed by atoms with van der Waals surface area (Å²) in [6.45, 7) is 4.85. The number of hydrogen-bond donors (Lipinski definition) is 1. The van der Waals surface area contributed by atoms with E-state index in [-0.39, 0.29) is 0 Å². The first-order chi connectivity index (χ1) is 11.5. The molecule has 1 heterocycles. The van der Waals surface area contributed by atoms with Gasteiger partial charge < -0.3 is 5.32 Å². The molecular weight excluding hydrogens is 320 g/mol. The van der Waals surface area contributed by atoms with Crippen molar-refractivity contribution in [3.63, 3.8) is 0 Å². The van der Waals surface area contributed by atoms with Gasteiger partial charge in [-0.05, 0) is 35.2 Å². The maximum Gasteiger partial charge on any atom is 0.175 e. The summed E-state index contributed by atoms with van der Waals surface area (Å²) in [5.41, 5.74) is 4.03. The van der Waals surface area contributed by atoms with Crippen molar-refractivity contribution < 1.29 is 8.42 Å². The second-order valence-electron chi connectivity index (χ2n) is 6.39. The highest BCUT2D eigenvalue weighted by Crippen LogP contribution is 2.17. The predicted molar refractivity (Wildman–Crippen MR) is 96.7 cm³/mol. The Hall–Kier alpha value is -1.69. The molecule has 0 saturated carbocycles. The van der Waals surface area contributed by atoms with Crippen molar-refractivity contribution in [3.05, 3.63) is 65.2 Å². The van der Waals surface area contributed by atoms with E-state index < -0.39 is 9.84 Å². The molecule has 24 heavy (non-hydrogen) atoms. The van der Waals surface area contributed by atoms with E-state index in [9.17, 15) is 8.42 Å². The number of fused-ring (bicyclic) bond motifs is 1. The second-order valence-corrected chi connectivity index (χ2v) is 8.40. The van der Waals surface area contributed by atoms with Crippen LogP contribution in [0.25, 0.3) is 0 Å². The molecule has 1 aliphatic heterocycles. The van der Waals surface area contributed by atoms with E-state index in [0.29, 0.717) is 4.90 Å². The third-order valence-electron chi connectivity index (χ3n) is 4.50. The van der Waals surface area contributed by atoms with Crippen LogP contribution < -0.4 is 5.32 Å². The van der Waals surface area contributed by atoms with Gasteiger partial charge in [0, 0.05) is 39.0 Å². The number of nitrogens with one attached hydrogen (secondary N) is 1. The lowest BCUT2D eigenvalue weighted by atomic mass is 10.00. The molecule has 0 unspecified atom stereocenters. The Morgan fingerprint density at radius 3 is 2.46 bits per heavy atom. The third kappa shape index (κ3) is 4.44. The molecule has 2 aromatic rings. The minimum absolute atomic E-state index is 0.373. The Bertz CT molecular complexity index is 785. The van der Waals surface area contributed by atoms with E-state index in [1.807, 2.05) is 12.1 Å². The monoisotopic (exact) mass is 344 g/mol. The summed E-state index contributed by atoms with van der Waals surface area (Å²) in [5.74, 6) is 0. The van der Waals surface area contributed by atoms with Gasteiger partial charge in [0.15, 0.2) is 9.84 Å². The number of nitrogens with zero attached hydrogens (tertiary/aromatic N) is 1. The molecule has 2 aromatic carbocycles. The molecule has 0 aliphatic carbocycles. The molecule has 128 valence electrons. The van der Waals surface area contributed by atoms with Crippen LogP contribution in [0.1, 0.15) is 16.7 Å². The SMILES string of the molecule is CS(=O)(=O)c1ccc(CNCCN2CCc3ccccc3C2)cc1. The summed E-state index contributed by atoms with van der Waals surface area (Å²) in [7, 11) is -3.11. The number of benzene rings is 2. The average molecular weight is 344 g/mol. The highest BCUT2D eigenvalue weighted by Gasteiger charge is 2.14. The van der Waals surface area contributed by atoms with E-state index in [2.05, 4.69) is 34.5 Å². The van der Waals surface area contributed by atoms with Crippen molar-refractivity contribution in [1.29, 1.82) is 0 Å². The molecule has 0 aromatic heterocycles. The Balaban J connectivity index is 1.43. The minimum atomic E-state index is -3.11. The predicted octanol–water partition coefficient (Wildman–Crippen LogP) is 2.24. The van der Waals surface area contributed by atoms with Crippen molar-refractivity contribution in [2.75, 3.05) is 25.9 Å². The molecule has 4 nitrogen and oxygen atoms in total. The molecular formula is C19H24N2O2S. The third-order valence-corrected chi connectivity index (χ3v) is 5.62. The molecule has 0 amide bonds. The van der Waals surface area contributed by atoms with Crippen LogP contribution in [-0.4, -0.2) is 39.2 Å². The topological polar surface area (TPSA) is 49.4 Å². The largest absolute Gasteiger partial charge is 0.311 e. The van der Waals surface area contributed by atoms with Crippen LogP contribution in [0.3, 0.4) is 0 Å². The Morgan fingerprint density at radius 1 is 1.04 bits per heavy atom. The molecule has 0 atom stereocenters. The van der Waals surface area contributed by atoms with E-state index in [4.69, 9.17) is 0 Å². The van der Waals surface area contributed by atoms with E-state index in [0.717, 1.165) is 44.7 Å². The van der Waals surface area contributed by atoms with Crippen LogP contribution in [0, 0.1) is 0 Å². The zero-order valence-corrected chi connectivity index (χ0v) is 14.8. The van der Waals surface area contributed by atoms with Gasteiger partial charge in [-0.15, -0.1) is 0 Å². The zero-order chi connectivity index (χ0) is 17.0. The van der Waals surface area contributed by atoms with Crippen molar-refractivity contribution in [1.82, 2.24) is 10.2 Å². The highest BCUT2D eigenvalue weighted by molar-refractivity contribution is 7.90. The fraction of sp³-hybridized carbons (Fsp3) is 0.368. The minimum Gasteiger partial charge on any atom is -0.311 e. The average Bonchev–Trinajstić information content (AvgIpc) is 2.58. The normalized spacial score (nSPS) is 15.2. The number of hydrogen-bond acceptors (Lipinski definition) is 4. The molecule has 0 fully saturated rings. The quantitative estimate of drug-likeness (QED) is 0.817. The highest BCUT2D eigenvalue weighted by atomic mass is 32.2. The van der Waals surface area contributed by atoms with Crippen LogP contribution in [-0.2, 0) is 29.3 Å². The molecule has 0 saturated heterocycles. The first-order valence-electron chi connectivity index (χ1n) is 8.31. The summed E-state index contributed by atoms with van der Waals surface area (Å²) < 4.78 is 22.9. The van der Waals surface area contributed by atoms with Gasteiger partial charge in [0.2, 0.25) is 0 Å². The van der Waals surface area contributed by atoms with Crippen LogP contribution >= 0.6 is 0 Å². The Labute approximate surface area is 144 Å². The molecule has 0 radical (unpaired) electrons. The van der Waals surface area contributed by atoms with E-state index in [1.54, 1.807) is 12.1 Å². The lowest BCUT2D eigenvalue weighted by Crippen LogP contribution is -2.35. The fourth-order valence-electron chi connectivity index (χ4n) is 3.07. The molecule has 0 bridgehead atoms. The van der Waals surface area contributed by atoms with Crippen molar-refractivity contribution >= 4 is 9.84 Å². The Morgan fingerprint density at radius 2 is 1.75 bits per heavy atom. The van der Waals surface area contributed by atoms with Crippen molar-refractivity contribution in [3.8, 4) is 0 Å². The van der Waals surface area contributed by atoms with Crippen LogP contribution in [0.5, 0.6) is 0 Å². The molecule has 0 spiro atoms. The smallest absolute Gasteiger partial charge is 0.175 e. The van der Waals surface area contributed by atoms with Crippen LogP contribution in [0.2, 0.25) is 0 Å². The lowest BCUT2D eigenvalue weighted by Gasteiger charge is -2.28. The van der Waals surface area contributed by atoms with Gasteiger partial charge in [0.05, 0.1) is 4.90 Å². The Kier molecular flexibility index (Phi) is 5.33. The van der Waals surface area contributed by atoms with Gasteiger partial charge >= 0.3 is 0 Å². The summed E-state index contributed by atoms with van der Waals surface area (Å²) in [5, 5.41) is 3.44. The van der Waals surface area contributed by atoms with Gasteiger partial charge in [0.1, 0.15) is 0 Å². The van der Waals surface area contributed by atoms with E-state index in [1.165, 1.54) is 17.4 Å². The van der Waals surface area contributed by atoms with Gasteiger partial charge in [0.25, 0.3) is 0 Å². The summed E-state index contributed by atoms with van der Waals surface area (Å²) in [6, 6.07) is 15.8. The number of sulfone groups is 1. The summed E-state index contributed by atoms with van der Waals surface area (Å²) in [4.78, 5) is 2.85. The first kappa shape index (κ1) is 17.1. The maximum atomic E-state index is 11.4. The standard InChI is InChI=1S/C19H24N2O2S/c1-24(22,23)19-8-6-16(7-9-19)14-20-11-13-21-12-10-17-4-2-3-5-18(17)15-21/h2-9,20H,10-15H2,1H3. The van der Waals surface area contributed by atoms with Gasteiger partial charge in [-0.2, -0.15) is 0 Å². The fourth-order valence-corrected chi connectivity index (χ4v) is 3.70. The second kappa shape index (κ2) is 7.47. The van der Waals surface area contributed by atoms with Gasteiger partial charge in [-0.3, -0.25) is 4.90 Å². The molecule has 1 N–H and O–H groups in total. The van der Waals surface area contributed by atoms with Crippen LogP contribution in [0.15, 0.2) is 53.4 Å². The lowest BCUT2D eigenvalue weighted by molar-refractivity contribution is 0.254. The van der Waals surface area contributed by atoms with Crippen LogP contribution in [0.4, 0.5) is 0 Å². The van der Waals surface area contributed by atoms with E-state index >= 15 is 0 Å². The van der Waals surface area contributed by atoms with Crippen molar-refractivity contribution in [2.24, 2.45) is 0 Å².